The summed E-state index contributed by atoms with van der Waals surface area (Å²) >= 11 is 3.65. The number of allylic oxidation sites excluding steroid dienone is 1. The highest BCUT2D eigenvalue weighted by Gasteiger charge is 2.60. The molecule has 1 N–H and O–H groups in total. The second-order valence-electron chi connectivity index (χ2n) is 11.5. The zero-order chi connectivity index (χ0) is 20.5. The number of nitrogens with one attached hydrogen (secondary N) is 1. The quantitative estimate of drug-likeness (QED) is 0.551. The Labute approximate surface area is 178 Å². The van der Waals surface area contributed by atoms with Gasteiger partial charge in [0.05, 0.1) is 4.48 Å². The van der Waals surface area contributed by atoms with E-state index in [2.05, 4.69) is 55.9 Å². The van der Waals surface area contributed by atoms with Crippen molar-refractivity contribution in [2.24, 2.45) is 34.5 Å². The molecule has 0 bridgehead atoms. The van der Waals surface area contributed by atoms with Crippen LogP contribution in [-0.2, 0) is 9.59 Å². The summed E-state index contributed by atoms with van der Waals surface area (Å²) in [4.78, 5) is 25.4. The van der Waals surface area contributed by atoms with Crippen molar-refractivity contribution in [1.29, 1.82) is 0 Å². The molecule has 1 amide bonds. The number of amides is 1. The fourth-order valence-electron chi connectivity index (χ4n) is 7.54. The lowest BCUT2D eigenvalue weighted by Gasteiger charge is -2.58. The van der Waals surface area contributed by atoms with Crippen LogP contribution in [0.15, 0.2) is 10.1 Å². The number of Topliss-reactive ketones (excluding diaryl/α,β-unsaturated/α-hetero) is 1. The van der Waals surface area contributed by atoms with Crippen molar-refractivity contribution >= 4 is 27.6 Å². The fourth-order valence-corrected chi connectivity index (χ4v) is 8.39. The molecule has 4 rings (SSSR count). The van der Waals surface area contributed by atoms with E-state index < -0.39 is 0 Å². The summed E-state index contributed by atoms with van der Waals surface area (Å²) in [5.74, 6) is 2.74. The van der Waals surface area contributed by atoms with Crippen molar-refractivity contribution in [2.45, 2.75) is 91.5 Å². The number of fused-ring (bicyclic) bond motifs is 5. The third kappa shape index (κ3) is 3.04. The van der Waals surface area contributed by atoms with E-state index in [-0.39, 0.29) is 28.2 Å². The number of hydrogen-bond acceptors (Lipinski definition) is 2. The number of hydrogen-bond donors (Lipinski definition) is 1. The lowest BCUT2D eigenvalue weighted by Crippen LogP contribution is -2.53. The predicted molar refractivity (Wildman–Crippen MR) is 116 cm³/mol. The highest BCUT2D eigenvalue weighted by molar-refractivity contribution is 9.12. The SMILES string of the molecule is CC(C)(C)NC(=O)[C@H]1CC[C@H]2[C@@H]3CCC4=C(Br)C(=O)CC[C@]4(C)[C@H]3CC[C@]12C. The molecule has 3 fully saturated rings. The summed E-state index contributed by atoms with van der Waals surface area (Å²) in [6.07, 6.45) is 8.50. The van der Waals surface area contributed by atoms with E-state index in [1.54, 1.807) is 0 Å². The molecule has 0 radical (unpaired) electrons. The van der Waals surface area contributed by atoms with Crippen molar-refractivity contribution in [3.63, 3.8) is 0 Å². The molecule has 0 heterocycles. The lowest BCUT2D eigenvalue weighted by atomic mass is 9.47. The number of halogens is 1. The number of carbonyl (C=O) groups excluding carboxylic acids is 2. The van der Waals surface area contributed by atoms with Crippen molar-refractivity contribution in [1.82, 2.24) is 5.32 Å². The van der Waals surface area contributed by atoms with Gasteiger partial charge in [0.25, 0.3) is 0 Å². The molecule has 3 nitrogen and oxygen atoms in total. The van der Waals surface area contributed by atoms with Gasteiger partial charge in [0.2, 0.25) is 5.91 Å². The standard InChI is InChI=1S/C24H36BrNO2/c1-22(2,3)26-21(28)18-9-8-15-14-6-7-17-20(25)19(27)11-13-23(17,4)16(14)10-12-24(15,18)5/h14-16,18H,6-13H2,1-5H3,(H,26,28)/t14-,15-,16-,18+,23+,24-/m0/s1. The first-order valence-electron chi connectivity index (χ1n) is 11.2. The van der Waals surface area contributed by atoms with Crippen LogP contribution in [0.5, 0.6) is 0 Å². The highest BCUT2D eigenvalue weighted by Crippen LogP contribution is 2.67. The van der Waals surface area contributed by atoms with Crippen molar-refractivity contribution in [3.05, 3.63) is 10.1 Å². The molecule has 0 unspecified atom stereocenters. The third-order valence-electron chi connectivity index (χ3n) is 8.87. The molecular formula is C24H36BrNO2. The Morgan fingerprint density at radius 3 is 2.43 bits per heavy atom. The second kappa shape index (κ2) is 6.68. The zero-order valence-corrected chi connectivity index (χ0v) is 19.7. The average molecular weight is 450 g/mol. The van der Waals surface area contributed by atoms with Gasteiger partial charge in [0.15, 0.2) is 5.78 Å². The van der Waals surface area contributed by atoms with Crippen LogP contribution < -0.4 is 5.32 Å². The summed E-state index contributed by atoms with van der Waals surface area (Å²) in [6.45, 7) is 11.1. The van der Waals surface area contributed by atoms with Gasteiger partial charge < -0.3 is 5.32 Å². The fraction of sp³-hybridized carbons (Fsp3) is 0.833. The van der Waals surface area contributed by atoms with Crippen molar-refractivity contribution < 1.29 is 9.59 Å². The van der Waals surface area contributed by atoms with Gasteiger partial charge in [-0.1, -0.05) is 13.8 Å². The molecular weight excluding hydrogens is 414 g/mol. The minimum Gasteiger partial charge on any atom is -0.351 e. The molecule has 4 aliphatic carbocycles. The van der Waals surface area contributed by atoms with E-state index in [4.69, 9.17) is 0 Å². The Balaban J connectivity index is 1.61. The van der Waals surface area contributed by atoms with Crippen LogP contribution in [-0.4, -0.2) is 17.2 Å². The molecule has 0 aromatic heterocycles. The third-order valence-corrected chi connectivity index (χ3v) is 9.79. The van der Waals surface area contributed by atoms with Crippen LogP contribution in [0.1, 0.15) is 86.0 Å². The predicted octanol–water partition coefficient (Wildman–Crippen LogP) is 5.77. The van der Waals surface area contributed by atoms with Gasteiger partial charge in [-0.15, -0.1) is 0 Å². The van der Waals surface area contributed by atoms with E-state index in [0.717, 1.165) is 30.2 Å². The monoisotopic (exact) mass is 449 g/mol. The molecule has 3 saturated carbocycles. The largest absolute Gasteiger partial charge is 0.351 e. The first kappa shape index (κ1) is 20.6. The van der Waals surface area contributed by atoms with Crippen molar-refractivity contribution in [3.8, 4) is 0 Å². The molecule has 0 aromatic rings. The molecule has 4 aliphatic rings. The molecule has 156 valence electrons. The van der Waals surface area contributed by atoms with Gasteiger partial charge in [-0.25, -0.2) is 0 Å². The molecule has 0 aliphatic heterocycles. The molecule has 4 heteroatoms. The summed E-state index contributed by atoms with van der Waals surface area (Å²) in [6, 6.07) is 0. The zero-order valence-electron chi connectivity index (χ0n) is 18.2. The van der Waals surface area contributed by atoms with E-state index in [1.807, 2.05) is 0 Å². The van der Waals surface area contributed by atoms with Crippen LogP contribution in [0.4, 0.5) is 0 Å². The maximum Gasteiger partial charge on any atom is 0.224 e. The molecule has 0 spiro atoms. The van der Waals surface area contributed by atoms with E-state index in [9.17, 15) is 9.59 Å². The number of ketones is 1. The van der Waals surface area contributed by atoms with Gasteiger partial charge in [-0.2, -0.15) is 0 Å². The normalized spacial score (nSPS) is 43.3. The first-order chi connectivity index (χ1) is 13.0. The maximum absolute atomic E-state index is 13.1. The molecule has 0 saturated heterocycles. The van der Waals surface area contributed by atoms with Gasteiger partial charge in [0.1, 0.15) is 0 Å². The number of rotatable bonds is 1. The Hall–Kier alpha value is -0.640. The Kier molecular flexibility index (Phi) is 4.92. The van der Waals surface area contributed by atoms with Gasteiger partial charge >= 0.3 is 0 Å². The van der Waals surface area contributed by atoms with E-state index in [0.29, 0.717) is 30.0 Å². The summed E-state index contributed by atoms with van der Waals surface area (Å²) in [5.41, 5.74) is 1.54. The minimum absolute atomic E-state index is 0.135. The molecule has 0 aromatic carbocycles. The Morgan fingerprint density at radius 2 is 1.75 bits per heavy atom. The Bertz CT molecular complexity index is 735. The summed E-state index contributed by atoms with van der Waals surface area (Å²) < 4.78 is 0.891. The van der Waals surface area contributed by atoms with Crippen LogP contribution >= 0.6 is 15.9 Å². The average Bonchev–Trinajstić information content (AvgIpc) is 2.94. The lowest BCUT2D eigenvalue weighted by molar-refractivity contribution is -0.134. The highest BCUT2D eigenvalue weighted by atomic mass is 79.9. The molecule has 28 heavy (non-hydrogen) atoms. The van der Waals surface area contributed by atoms with E-state index >= 15 is 0 Å². The van der Waals surface area contributed by atoms with Crippen LogP contribution in [0.25, 0.3) is 0 Å². The maximum atomic E-state index is 13.1. The first-order valence-corrected chi connectivity index (χ1v) is 12.0. The minimum atomic E-state index is -0.165. The van der Waals surface area contributed by atoms with Gasteiger partial charge in [-0.3, -0.25) is 9.59 Å². The molecule has 6 atom stereocenters. The van der Waals surface area contributed by atoms with E-state index in [1.165, 1.54) is 24.8 Å². The number of carbonyl (C=O) groups is 2. The summed E-state index contributed by atoms with van der Waals surface area (Å²) in [7, 11) is 0. The summed E-state index contributed by atoms with van der Waals surface area (Å²) in [5, 5.41) is 3.26. The van der Waals surface area contributed by atoms with Crippen LogP contribution in [0, 0.1) is 34.5 Å². The second-order valence-corrected chi connectivity index (χ2v) is 12.3. The smallest absolute Gasteiger partial charge is 0.224 e. The Morgan fingerprint density at radius 1 is 1.04 bits per heavy atom. The van der Waals surface area contributed by atoms with Gasteiger partial charge in [0, 0.05) is 17.9 Å². The van der Waals surface area contributed by atoms with Crippen molar-refractivity contribution in [2.75, 3.05) is 0 Å². The van der Waals surface area contributed by atoms with Crippen LogP contribution in [0.2, 0.25) is 0 Å². The topological polar surface area (TPSA) is 46.2 Å². The van der Waals surface area contributed by atoms with Gasteiger partial charge in [-0.05, 0) is 116 Å². The van der Waals surface area contributed by atoms with Crippen LogP contribution in [0.3, 0.4) is 0 Å².